The van der Waals surface area contributed by atoms with Crippen molar-refractivity contribution in [2.45, 2.75) is 20.3 Å². The van der Waals surface area contributed by atoms with Crippen LogP contribution in [0.3, 0.4) is 0 Å². The van der Waals surface area contributed by atoms with Crippen molar-refractivity contribution in [3.8, 4) is 0 Å². The molecule has 1 amide bonds. The van der Waals surface area contributed by atoms with Crippen molar-refractivity contribution in [3.63, 3.8) is 0 Å². The summed E-state index contributed by atoms with van der Waals surface area (Å²) in [7, 11) is 4.03. The van der Waals surface area contributed by atoms with E-state index in [0.29, 0.717) is 11.4 Å². The molecule has 0 aliphatic carbocycles. The summed E-state index contributed by atoms with van der Waals surface area (Å²) >= 11 is 1.44. The largest absolute Gasteiger partial charge is 0.378 e. The highest BCUT2D eigenvalue weighted by atomic mass is 32.2. The standard InChI is InChI=1S/C22H25N3OS/c1-5-16-7-11-18(12-8-16)23-22-25(6-2)21(26)20(27-22)15-17-9-13-19(14-10-17)24(3)4/h7-15H,5-6H2,1-4H3. The lowest BCUT2D eigenvalue weighted by atomic mass is 10.2. The van der Waals surface area contributed by atoms with Gasteiger partial charge in [-0.05, 0) is 66.6 Å². The Kier molecular flexibility index (Phi) is 6.01. The van der Waals surface area contributed by atoms with Crippen LogP contribution in [0.1, 0.15) is 25.0 Å². The lowest BCUT2D eigenvalue weighted by Crippen LogP contribution is -2.28. The molecule has 0 spiro atoms. The van der Waals surface area contributed by atoms with Gasteiger partial charge in [0.1, 0.15) is 0 Å². The average Bonchev–Trinajstić information content (AvgIpc) is 2.97. The van der Waals surface area contributed by atoms with Crippen molar-refractivity contribution in [2.24, 2.45) is 4.99 Å². The zero-order valence-corrected chi connectivity index (χ0v) is 17.1. The second-order valence-electron chi connectivity index (χ2n) is 6.56. The van der Waals surface area contributed by atoms with Gasteiger partial charge >= 0.3 is 0 Å². The summed E-state index contributed by atoms with van der Waals surface area (Å²) in [4.78, 5) is 22.0. The van der Waals surface area contributed by atoms with Crippen LogP contribution in [0.4, 0.5) is 11.4 Å². The molecule has 0 atom stereocenters. The molecule has 0 unspecified atom stereocenters. The van der Waals surface area contributed by atoms with Gasteiger partial charge < -0.3 is 4.90 Å². The number of hydrogen-bond acceptors (Lipinski definition) is 4. The SMILES string of the molecule is CCc1ccc(N=C2SC(=Cc3ccc(N(C)C)cc3)C(=O)N2CC)cc1. The zero-order chi connectivity index (χ0) is 19.4. The number of aliphatic imine (C=N–C) groups is 1. The Labute approximate surface area is 165 Å². The first-order valence-electron chi connectivity index (χ1n) is 9.18. The fourth-order valence-electron chi connectivity index (χ4n) is 2.81. The number of hydrogen-bond donors (Lipinski definition) is 0. The Morgan fingerprint density at radius 1 is 1.04 bits per heavy atom. The van der Waals surface area contributed by atoms with Gasteiger partial charge in [-0.1, -0.05) is 31.2 Å². The highest BCUT2D eigenvalue weighted by molar-refractivity contribution is 8.18. The van der Waals surface area contributed by atoms with Gasteiger partial charge in [0, 0.05) is 26.3 Å². The van der Waals surface area contributed by atoms with E-state index in [1.54, 1.807) is 4.90 Å². The Balaban J connectivity index is 1.85. The maximum absolute atomic E-state index is 12.8. The van der Waals surface area contributed by atoms with Crippen molar-refractivity contribution in [1.82, 2.24) is 4.90 Å². The summed E-state index contributed by atoms with van der Waals surface area (Å²) in [6.45, 7) is 4.71. The fraction of sp³-hybridized carbons (Fsp3) is 0.273. The Morgan fingerprint density at radius 2 is 1.70 bits per heavy atom. The molecule has 1 saturated heterocycles. The number of carbonyl (C=O) groups excluding carboxylic acids is 1. The van der Waals surface area contributed by atoms with Crippen LogP contribution in [-0.4, -0.2) is 36.6 Å². The molecule has 140 valence electrons. The van der Waals surface area contributed by atoms with Crippen molar-refractivity contribution < 1.29 is 4.79 Å². The summed E-state index contributed by atoms with van der Waals surface area (Å²) in [6.07, 6.45) is 2.95. The molecular formula is C22H25N3OS. The maximum atomic E-state index is 12.8. The molecule has 27 heavy (non-hydrogen) atoms. The molecule has 1 aliphatic rings. The van der Waals surface area contributed by atoms with Crippen LogP contribution in [0.2, 0.25) is 0 Å². The minimum absolute atomic E-state index is 0.0168. The molecular weight excluding hydrogens is 354 g/mol. The van der Waals surface area contributed by atoms with E-state index >= 15 is 0 Å². The molecule has 0 N–H and O–H groups in total. The van der Waals surface area contributed by atoms with Gasteiger partial charge in [0.25, 0.3) is 5.91 Å². The Hall–Kier alpha value is -2.53. The van der Waals surface area contributed by atoms with Gasteiger partial charge in [-0.25, -0.2) is 4.99 Å². The summed E-state index contributed by atoms with van der Waals surface area (Å²) in [5.74, 6) is 0.0168. The molecule has 1 heterocycles. The van der Waals surface area contributed by atoms with Crippen LogP contribution in [0.15, 0.2) is 58.4 Å². The quantitative estimate of drug-likeness (QED) is 0.691. The van der Waals surface area contributed by atoms with Crippen LogP contribution in [-0.2, 0) is 11.2 Å². The minimum atomic E-state index is 0.0168. The number of aryl methyl sites for hydroxylation is 1. The van der Waals surface area contributed by atoms with Gasteiger partial charge in [0.05, 0.1) is 10.6 Å². The van der Waals surface area contributed by atoms with Gasteiger partial charge in [-0.3, -0.25) is 9.69 Å². The molecule has 4 nitrogen and oxygen atoms in total. The van der Waals surface area contributed by atoms with Crippen LogP contribution < -0.4 is 4.90 Å². The van der Waals surface area contributed by atoms with Crippen LogP contribution >= 0.6 is 11.8 Å². The third-order valence-electron chi connectivity index (χ3n) is 4.48. The Morgan fingerprint density at radius 3 is 2.26 bits per heavy atom. The van der Waals surface area contributed by atoms with Gasteiger partial charge in [-0.2, -0.15) is 0 Å². The number of likely N-dealkylation sites (N-methyl/N-ethyl adjacent to an activating group) is 1. The normalized spacial score (nSPS) is 17.2. The average molecular weight is 380 g/mol. The van der Waals surface area contributed by atoms with E-state index in [-0.39, 0.29) is 5.91 Å². The molecule has 5 heteroatoms. The second-order valence-corrected chi connectivity index (χ2v) is 7.57. The Bertz CT molecular complexity index is 867. The number of thioether (sulfide) groups is 1. The number of nitrogens with zero attached hydrogens (tertiary/aromatic N) is 3. The number of amides is 1. The monoisotopic (exact) mass is 379 g/mol. The first-order chi connectivity index (χ1) is 13.0. The minimum Gasteiger partial charge on any atom is -0.378 e. The summed E-state index contributed by atoms with van der Waals surface area (Å²) in [5.41, 5.74) is 4.30. The maximum Gasteiger partial charge on any atom is 0.266 e. The third kappa shape index (κ3) is 4.42. The summed E-state index contributed by atoms with van der Waals surface area (Å²) in [6, 6.07) is 16.4. The lowest BCUT2D eigenvalue weighted by molar-refractivity contribution is -0.122. The van der Waals surface area contributed by atoms with Gasteiger partial charge in [0.15, 0.2) is 5.17 Å². The van der Waals surface area contributed by atoms with Crippen LogP contribution in [0.25, 0.3) is 6.08 Å². The van der Waals surface area contributed by atoms with E-state index in [9.17, 15) is 4.79 Å². The highest BCUT2D eigenvalue weighted by Crippen LogP contribution is 2.34. The zero-order valence-electron chi connectivity index (χ0n) is 16.3. The molecule has 3 rings (SSSR count). The summed E-state index contributed by atoms with van der Waals surface area (Å²) in [5, 5.41) is 0.739. The number of amidine groups is 1. The topological polar surface area (TPSA) is 35.9 Å². The third-order valence-corrected chi connectivity index (χ3v) is 5.49. The van der Waals surface area contributed by atoms with E-state index in [1.807, 2.05) is 51.4 Å². The molecule has 2 aromatic carbocycles. The fourth-order valence-corrected chi connectivity index (χ4v) is 3.87. The van der Waals surface area contributed by atoms with E-state index in [4.69, 9.17) is 4.99 Å². The molecule has 0 radical (unpaired) electrons. The number of benzene rings is 2. The van der Waals surface area contributed by atoms with Crippen molar-refractivity contribution in [1.29, 1.82) is 0 Å². The van der Waals surface area contributed by atoms with Gasteiger partial charge in [-0.15, -0.1) is 0 Å². The van der Waals surface area contributed by atoms with Crippen molar-refractivity contribution in [2.75, 3.05) is 25.5 Å². The first-order valence-corrected chi connectivity index (χ1v) is 10.00. The number of carbonyl (C=O) groups is 1. The van der Waals surface area contributed by atoms with E-state index in [2.05, 4.69) is 36.1 Å². The van der Waals surface area contributed by atoms with E-state index < -0.39 is 0 Å². The second kappa shape index (κ2) is 8.44. The number of anilines is 1. The highest BCUT2D eigenvalue weighted by Gasteiger charge is 2.32. The molecule has 0 aromatic heterocycles. The number of rotatable bonds is 5. The van der Waals surface area contributed by atoms with Crippen LogP contribution in [0.5, 0.6) is 0 Å². The summed E-state index contributed by atoms with van der Waals surface area (Å²) < 4.78 is 0. The molecule has 0 saturated carbocycles. The van der Waals surface area contributed by atoms with Gasteiger partial charge in [0.2, 0.25) is 0 Å². The predicted octanol–water partition coefficient (Wildman–Crippen LogP) is 4.94. The van der Waals surface area contributed by atoms with E-state index in [1.165, 1.54) is 17.3 Å². The smallest absolute Gasteiger partial charge is 0.266 e. The lowest BCUT2D eigenvalue weighted by Gasteiger charge is -2.12. The molecule has 0 bridgehead atoms. The molecule has 2 aromatic rings. The van der Waals surface area contributed by atoms with Crippen molar-refractivity contribution in [3.05, 3.63) is 64.6 Å². The van der Waals surface area contributed by atoms with Crippen molar-refractivity contribution >= 4 is 40.3 Å². The van der Waals surface area contributed by atoms with E-state index in [0.717, 1.165) is 28.5 Å². The molecule has 1 fully saturated rings. The van der Waals surface area contributed by atoms with Crippen LogP contribution in [0, 0.1) is 0 Å². The molecule has 1 aliphatic heterocycles. The first kappa shape index (κ1) is 19.2. The predicted molar refractivity (Wildman–Crippen MR) is 117 cm³/mol.